The molecule has 0 aliphatic rings. The molecule has 1 atom stereocenters. The Kier molecular flexibility index (Phi) is 5.22. The molecule has 0 bridgehead atoms. The highest BCUT2D eigenvalue weighted by Crippen LogP contribution is 2.26. The van der Waals surface area contributed by atoms with Crippen LogP contribution in [0.2, 0.25) is 0 Å². The maximum Gasteiger partial charge on any atom is 0.221 e. The SMILES string of the molecule is O=C(CCc1ccccc1)N[C@H](c1ccccc1)c1cccs1. The molecule has 2 aromatic carbocycles. The normalized spacial score (nSPS) is 11.8. The lowest BCUT2D eigenvalue weighted by Gasteiger charge is -2.18. The smallest absolute Gasteiger partial charge is 0.221 e. The van der Waals surface area contributed by atoms with Gasteiger partial charge in [-0.15, -0.1) is 11.3 Å². The van der Waals surface area contributed by atoms with Crippen molar-refractivity contribution in [3.63, 3.8) is 0 Å². The lowest BCUT2D eigenvalue weighted by Crippen LogP contribution is -2.28. The molecule has 0 aliphatic carbocycles. The molecule has 0 aliphatic heterocycles. The van der Waals surface area contributed by atoms with Crippen LogP contribution in [0.15, 0.2) is 78.2 Å². The lowest BCUT2D eigenvalue weighted by atomic mass is 10.0. The third-order valence-electron chi connectivity index (χ3n) is 3.75. The van der Waals surface area contributed by atoms with E-state index >= 15 is 0 Å². The third kappa shape index (κ3) is 4.30. The number of carbonyl (C=O) groups excluding carboxylic acids is 1. The molecule has 0 fully saturated rings. The van der Waals surface area contributed by atoms with Gasteiger partial charge < -0.3 is 5.32 Å². The van der Waals surface area contributed by atoms with Gasteiger partial charge in [0.1, 0.15) is 0 Å². The van der Waals surface area contributed by atoms with Crippen molar-refractivity contribution in [3.05, 3.63) is 94.2 Å². The van der Waals surface area contributed by atoms with Crippen LogP contribution in [0.3, 0.4) is 0 Å². The highest BCUT2D eigenvalue weighted by Gasteiger charge is 2.17. The molecule has 0 unspecified atom stereocenters. The molecular weight excluding hydrogens is 302 g/mol. The van der Waals surface area contributed by atoms with Crippen LogP contribution in [0, 0.1) is 0 Å². The topological polar surface area (TPSA) is 29.1 Å². The Morgan fingerprint density at radius 3 is 2.26 bits per heavy atom. The second-order valence-corrected chi connectivity index (χ2v) is 6.39. The molecular formula is C20H19NOS. The number of amides is 1. The maximum absolute atomic E-state index is 12.4. The first kappa shape index (κ1) is 15.5. The van der Waals surface area contributed by atoms with Gasteiger partial charge in [0.25, 0.3) is 0 Å². The average Bonchev–Trinajstić information content (AvgIpc) is 3.14. The predicted molar refractivity (Wildman–Crippen MR) is 95.5 cm³/mol. The molecule has 0 saturated carbocycles. The van der Waals surface area contributed by atoms with E-state index in [4.69, 9.17) is 0 Å². The molecule has 1 aromatic heterocycles. The van der Waals surface area contributed by atoms with Gasteiger partial charge in [-0.3, -0.25) is 4.79 Å². The van der Waals surface area contributed by atoms with Crippen molar-refractivity contribution in [2.45, 2.75) is 18.9 Å². The lowest BCUT2D eigenvalue weighted by molar-refractivity contribution is -0.121. The molecule has 116 valence electrons. The van der Waals surface area contributed by atoms with Gasteiger partial charge in [-0.25, -0.2) is 0 Å². The first-order valence-electron chi connectivity index (χ1n) is 7.74. The Bertz CT molecular complexity index is 723. The number of thiophene rings is 1. The molecule has 3 heteroatoms. The summed E-state index contributed by atoms with van der Waals surface area (Å²) in [6.07, 6.45) is 1.26. The monoisotopic (exact) mass is 321 g/mol. The van der Waals surface area contributed by atoms with Gasteiger partial charge in [-0.05, 0) is 29.0 Å². The van der Waals surface area contributed by atoms with E-state index in [1.54, 1.807) is 11.3 Å². The fourth-order valence-electron chi connectivity index (χ4n) is 2.56. The average molecular weight is 321 g/mol. The fraction of sp³-hybridized carbons (Fsp3) is 0.150. The first-order valence-corrected chi connectivity index (χ1v) is 8.62. The van der Waals surface area contributed by atoms with Crippen LogP contribution in [-0.4, -0.2) is 5.91 Å². The minimum absolute atomic E-state index is 0.0699. The summed E-state index contributed by atoms with van der Waals surface area (Å²) in [5.74, 6) is 0.0797. The zero-order valence-corrected chi connectivity index (χ0v) is 13.6. The van der Waals surface area contributed by atoms with E-state index in [9.17, 15) is 4.79 Å². The van der Waals surface area contributed by atoms with Crippen LogP contribution in [0.5, 0.6) is 0 Å². The molecule has 0 saturated heterocycles. The number of benzene rings is 2. The van der Waals surface area contributed by atoms with Crippen LogP contribution in [0.1, 0.15) is 28.5 Å². The first-order chi connectivity index (χ1) is 11.3. The van der Waals surface area contributed by atoms with Gasteiger partial charge >= 0.3 is 0 Å². The van der Waals surface area contributed by atoms with Crippen LogP contribution in [-0.2, 0) is 11.2 Å². The largest absolute Gasteiger partial charge is 0.344 e. The Morgan fingerprint density at radius 1 is 0.913 bits per heavy atom. The van der Waals surface area contributed by atoms with Crippen molar-refractivity contribution >= 4 is 17.2 Å². The molecule has 3 aromatic rings. The van der Waals surface area contributed by atoms with Gasteiger partial charge in [-0.2, -0.15) is 0 Å². The Hall–Kier alpha value is -2.39. The second-order valence-electron chi connectivity index (χ2n) is 5.41. The van der Waals surface area contributed by atoms with Crippen molar-refractivity contribution in [2.75, 3.05) is 0 Å². The zero-order chi connectivity index (χ0) is 15.9. The minimum Gasteiger partial charge on any atom is -0.344 e. The van der Waals surface area contributed by atoms with Gasteiger partial charge in [-0.1, -0.05) is 66.7 Å². The van der Waals surface area contributed by atoms with E-state index in [1.807, 2.05) is 47.8 Å². The van der Waals surface area contributed by atoms with Crippen LogP contribution < -0.4 is 5.32 Å². The Morgan fingerprint density at radius 2 is 1.61 bits per heavy atom. The highest BCUT2D eigenvalue weighted by molar-refractivity contribution is 7.10. The number of carbonyl (C=O) groups is 1. The predicted octanol–water partition coefficient (Wildman–Crippen LogP) is 4.59. The summed E-state index contributed by atoms with van der Waals surface area (Å²) >= 11 is 1.67. The third-order valence-corrected chi connectivity index (χ3v) is 4.69. The summed E-state index contributed by atoms with van der Waals surface area (Å²) in [7, 11) is 0. The van der Waals surface area contributed by atoms with Crippen molar-refractivity contribution in [3.8, 4) is 0 Å². The number of nitrogens with one attached hydrogen (secondary N) is 1. The minimum atomic E-state index is -0.0699. The molecule has 1 amide bonds. The molecule has 3 rings (SSSR count). The van der Waals surface area contributed by atoms with E-state index in [0.29, 0.717) is 6.42 Å². The standard InChI is InChI=1S/C20H19NOS/c22-19(14-13-16-8-3-1-4-9-16)21-20(18-12-7-15-23-18)17-10-5-2-6-11-17/h1-12,15,20H,13-14H2,(H,21,22)/t20-/m1/s1. The van der Waals surface area contributed by atoms with Crippen LogP contribution >= 0.6 is 11.3 Å². The summed E-state index contributed by atoms with van der Waals surface area (Å²) in [6.45, 7) is 0. The van der Waals surface area contributed by atoms with E-state index in [1.165, 1.54) is 5.56 Å². The second kappa shape index (κ2) is 7.75. The quantitative estimate of drug-likeness (QED) is 0.707. The van der Waals surface area contributed by atoms with Gasteiger partial charge in [0.15, 0.2) is 0 Å². The number of rotatable bonds is 6. The fourth-order valence-corrected chi connectivity index (χ4v) is 3.36. The van der Waals surface area contributed by atoms with Gasteiger partial charge in [0, 0.05) is 11.3 Å². The number of hydrogen-bond donors (Lipinski definition) is 1. The maximum atomic E-state index is 12.4. The number of hydrogen-bond acceptors (Lipinski definition) is 2. The summed E-state index contributed by atoms with van der Waals surface area (Å²) < 4.78 is 0. The van der Waals surface area contributed by atoms with Gasteiger partial charge in [0.05, 0.1) is 6.04 Å². The highest BCUT2D eigenvalue weighted by atomic mass is 32.1. The molecule has 2 nitrogen and oxygen atoms in total. The molecule has 1 N–H and O–H groups in total. The van der Waals surface area contributed by atoms with E-state index < -0.39 is 0 Å². The summed E-state index contributed by atoms with van der Waals surface area (Å²) in [4.78, 5) is 13.5. The summed E-state index contributed by atoms with van der Waals surface area (Å²) in [5.41, 5.74) is 2.30. The van der Waals surface area contributed by atoms with Crippen LogP contribution in [0.25, 0.3) is 0 Å². The van der Waals surface area contributed by atoms with Crippen molar-refractivity contribution in [1.29, 1.82) is 0 Å². The Labute approximate surface area is 140 Å². The van der Waals surface area contributed by atoms with E-state index in [0.717, 1.165) is 16.9 Å². The van der Waals surface area contributed by atoms with Gasteiger partial charge in [0.2, 0.25) is 5.91 Å². The Balaban J connectivity index is 1.68. The van der Waals surface area contributed by atoms with Crippen molar-refractivity contribution in [2.24, 2.45) is 0 Å². The van der Waals surface area contributed by atoms with Crippen LogP contribution in [0.4, 0.5) is 0 Å². The molecule has 0 radical (unpaired) electrons. The van der Waals surface area contributed by atoms with Crippen molar-refractivity contribution < 1.29 is 4.79 Å². The molecule has 1 heterocycles. The molecule has 0 spiro atoms. The summed E-state index contributed by atoms with van der Waals surface area (Å²) in [6, 6.07) is 24.3. The summed E-state index contributed by atoms with van der Waals surface area (Å²) in [5, 5.41) is 5.22. The zero-order valence-electron chi connectivity index (χ0n) is 12.8. The molecule has 23 heavy (non-hydrogen) atoms. The van der Waals surface area contributed by atoms with E-state index in [2.05, 4.69) is 35.6 Å². The number of aryl methyl sites for hydroxylation is 1. The van der Waals surface area contributed by atoms with E-state index in [-0.39, 0.29) is 11.9 Å². The van der Waals surface area contributed by atoms with Crippen molar-refractivity contribution in [1.82, 2.24) is 5.32 Å².